The van der Waals surface area contributed by atoms with Crippen molar-refractivity contribution in [1.29, 1.82) is 0 Å². The van der Waals surface area contributed by atoms with Gasteiger partial charge in [-0.1, -0.05) is 23.7 Å². The van der Waals surface area contributed by atoms with Crippen molar-refractivity contribution >= 4 is 21.6 Å². The summed E-state index contributed by atoms with van der Waals surface area (Å²) in [5.74, 6) is -0.890. The van der Waals surface area contributed by atoms with Crippen LogP contribution in [0.2, 0.25) is 0 Å². The SMILES string of the molecule is Cn1cc(S(=O)(=O)N2CCCCC2)cc1C(=O)Nc1cccc(-c2noc(=O)[nH]2)c1. The van der Waals surface area contributed by atoms with Crippen molar-refractivity contribution in [3.63, 3.8) is 0 Å². The van der Waals surface area contributed by atoms with E-state index in [1.54, 1.807) is 31.3 Å². The molecule has 1 aliphatic rings. The number of nitrogens with zero attached hydrogens (tertiary/aromatic N) is 3. The van der Waals surface area contributed by atoms with Crippen LogP contribution in [-0.4, -0.2) is 46.4 Å². The molecule has 1 aromatic carbocycles. The fourth-order valence-electron chi connectivity index (χ4n) is 3.45. The molecule has 3 aromatic rings. The van der Waals surface area contributed by atoms with Gasteiger partial charge in [-0.05, 0) is 31.0 Å². The Morgan fingerprint density at radius 1 is 1.20 bits per heavy atom. The smallest absolute Gasteiger partial charge is 0.345 e. The molecule has 0 aliphatic carbocycles. The highest BCUT2D eigenvalue weighted by Gasteiger charge is 2.28. The molecule has 0 saturated carbocycles. The van der Waals surface area contributed by atoms with Gasteiger partial charge in [0.15, 0.2) is 5.82 Å². The number of nitrogens with one attached hydrogen (secondary N) is 2. The van der Waals surface area contributed by atoms with E-state index in [1.165, 1.54) is 21.1 Å². The molecular formula is C19H21N5O5S. The Balaban J connectivity index is 1.55. The monoisotopic (exact) mass is 431 g/mol. The quantitative estimate of drug-likeness (QED) is 0.633. The van der Waals surface area contributed by atoms with E-state index >= 15 is 0 Å². The number of sulfonamides is 1. The van der Waals surface area contributed by atoms with Crippen molar-refractivity contribution in [2.24, 2.45) is 7.05 Å². The summed E-state index contributed by atoms with van der Waals surface area (Å²) >= 11 is 0. The van der Waals surface area contributed by atoms with Crippen LogP contribution < -0.4 is 11.1 Å². The molecule has 158 valence electrons. The highest BCUT2D eigenvalue weighted by molar-refractivity contribution is 7.89. The van der Waals surface area contributed by atoms with Gasteiger partial charge in [-0.3, -0.25) is 14.3 Å². The predicted octanol–water partition coefficient (Wildman–Crippen LogP) is 1.80. The maximum atomic E-state index is 12.9. The molecule has 1 fully saturated rings. The van der Waals surface area contributed by atoms with E-state index in [0.717, 1.165) is 19.3 Å². The van der Waals surface area contributed by atoms with E-state index in [-0.39, 0.29) is 16.4 Å². The first-order valence-corrected chi connectivity index (χ1v) is 10.9. The fraction of sp³-hybridized carbons (Fsp3) is 0.316. The van der Waals surface area contributed by atoms with E-state index in [2.05, 4.69) is 20.0 Å². The van der Waals surface area contributed by atoms with E-state index < -0.39 is 21.7 Å². The number of rotatable bonds is 5. The van der Waals surface area contributed by atoms with Gasteiger partial charge in [0.05, 0.1) is 0 Å². The van der Waals surface area contributed by atoms with E-state index in [4.69, 9.17) is 0 Å². The number of carbonyl (C=O) groups excluding carboxylic acids is 1. The van der Waals surface area contributed by atoms with Crippen LogP contribution in [0.4, 0.5) is 5.69 Å². The molecule has 30 heavy (non-hydrogen) atoms. The number of aromatic amines is 1. The Morgan fingerprint density at radius 3 is 2.67 bits per heavy atom. The molecule has 3 heterocycles. The Hall–Kier alpha value is -3.18. The number of piperidine rings is 1. The second-order valence-corrected chi connectivity index (χ2v) is 9.05. The molecule has 0 bridgehead atoms. The molecule has 10 nitrogen and oxygen atoms in total. The second-order valence-electron chi connectivity index (χ2n) is 7.12. The maximum absolute atomic E-state index is 12.9. The maximum Gasteiger partial charge on any atom is 0.439 e. The number of hydrogen-bond acceptors (Lipinski definition) is 6. The van der Waals surface area contributed by atoms with Crippen LogP contribution in [0.15, 0.2) is 50.7 Å². The summed E-state index contributed by atoms with van der Waals surface area (Å²) < 4.78 is 33.2. The molecule has 0 atom stereocenters. The van der Waals surface area contributed by atoms with Crippen molar-refractivity contribution < 1.29 is 17.7 Å². The average molecular weight is 431 g/mol. The standard InChI is InChI=1S/C19H21N5O5S/c1-23-12-15(30(27,28)24-8-3-2-4-9-24)11-16(23)18(25)20-14-7-5-6-13(10-14)17-21-19(26)29-22-17/h5-7,10-12H,2-4,8-9H2,1H3,(H,20,25)(H,21,22,26). The van der Waals surface area contributed by atoms with Gasteiger partial charge in [-0.15, -0.1) is 0 Å². The third-order valence-corrected chi connectivity index (χ3v) is 6.86. The van der Waals surface area contributed by atoms with Crippen LogP contribution >= 0.6 is 0 Å². The number of amides is 1. The summed E-state index contributed by atoms with van der Waals surface area (Å²) in [5.41, 5.74) is 1.23. The third kappa shape index (κ3) is 3.94. The molecule has 0 radical (unpaired) electrons. The molecular weight excluding hydrogens is 410 g/mol. The lowest BCUT2D eigenvalue weighted by molar-refractivity contribution is 0.101. The predicted molar refractivity (Wildman–Crippen MR) is 109 cm³/mol. The lowest BCUT2D eigenvalue weighted by Gasteiger charge is -2.25. The van der Waals surface area contributed by atoms with Gasteiger partial charge in [0, 0.05) is 37.6 Å². The normalized spacial score (nSPS) is 15.2. The van der Waals surface area contributed by atoms with Crippen molar-refractivity contribution in [3.8, 4) is 11.4 Å². The molecule has 1 aliphatic heterocycles. The Morgan fingerprint density at radius 2 is 1.97 bits per heavy atom. The summed E-state index contributed by atoms with van der Waals surface area (Å²) in [6.07, 6.45) is 4.16. The van der Waals surface area contributed by atoms with Gasteiger partial charge < -0.3 is 9.88 Å². The molecule has 1 saturated heterocycles. The highest BCUT2D eigenvalue weighted by atomic mass is 32.2. The van der Waals surface area contributed by atoms with Gasteiger partial charge in [-0.2, -0.15) is 4.31 Å². The van der Waals surface area contributed by atoms with Gasteiger partial charge >= 0.3 is 5.76 Å². The number of anilines is 1. The van der Waals surface area contributed by atoms with Crippen molar-refractivity contribution in [2.75, 3.05) is 18.4 Å². The fourth-order valence-corrected chi connectivity index (χ4v) is 5.04. The van der Waals surface area contributed by atoms with Crippen LogP contribution in [0.3, 0.4) is 0 Å². The van der Waals surface area contributed by atoms with Gasteiger partial charge in [0.1, 0.15) is 10.6 Å². The number of hydrogen-bond donors (Lipinski definition) is 2. The van der Waals surface area contributed by atoms with Crippen molar-refractivity contribution in [3.05, 3.63) is 52.8 Å². The largest absolute Gasteiger partial charge is 0.439 e. The average Bonchev–Trinajstić information content (AvgIpc) is 3.35. The van der Waals surface area contributed by atoms with Crippen LogP contribution in [0.5, 0.6) is 0 Å². The zero-order chi connectivity index (χ0) is 21.3. The number of carbonyl (C=O) groups is 1. The summed E-state index contributed by atoms with van der Waals surface area (Å²) in [6.45, 7) is 0.991. The van der Waals surface area contributed by atoms with Crippen molar-refractivity contribution in [1.82, 2.24) is 19.0 Å². The molecule has 4 rings (SSSR count). The topological polar surface area (TPSA) is 130 Å². The second kappa shape index (κ2) is 7.92. The van der Waals surface area contributed by atoms with Crippen LogP contribution in [0.25, 0.3) is 11.4 Å². The number of aryl methyl sites for hydroxylation is 1. The molecule has 0 spiro atoms. The molecule has 2 N–H and O–H groups in total. The number of H-pyrrole nitrogens is 1. The zero-order valence-electron chi connectivity index (χ0n) is 16.3. The lowest BCUT2D eigenvalue weighted by Crippen LogP contribution is -2.35. The van der Waals surface area contributed by atoms with Gasteiger partial charge in [0.2, 0.25) is 10.0 Å². The Bertz CT molecular complexity index is 1230. The van der Waals surface area contributed by atoms with Crippen LogP contribution in [0, 0.1) is 0 Å². The van der Waals surface area contributed by atoms with Gasteiger partial charge in [-0.25, -0.2) is 13.2 Å². The minimum Gasteiger partial charge on any atom is -0.345 e. The summed E-state index contributed by atoms with van der Waals surface area (Å²) in [5, 5.41) is 6.36. The first-order valence-electron chi connectivity index (χ1n) is 9.49. The van der Waals surface area contributed by atoms with E-state index in [9.17, 15) is 18.0 Å². The summed E-state index contributed by atoms with van der Waals surface area (Å²) in [7, 11) is -2.00. The Labute approximate surface area is 172 Å². The third-order valence-electron chi connectivity index (χ3n) is 5.00. The minimum absolute atomic E-state index is 0.103. The van der Waals surface area contributed by atoms with Crippen LogP contribution in [-0.2, 0) is 17.1 Å². The van der Waals surface area contributed by atoms with E-state index in [1.807, 2.05) is 0 Å². The lowest BCUT2D eigenvalue weighted by atomic mass is 10.2. The summed E-state index contributed by atoms with van der Waals surface area (Å²) in [4.78, 5) is 26.5. The minimum atomic E-state index is -3.63. The van der Waals surface area contributed by atoms with Crippen molar-refractivity contribution in [2.45, 2.75) is 24.2 Å². The molecule has 11 heteroatoms. The summed E-state index contributed by atoms with van der Waals surface area (Å²) in [6, 6.07) is 8.08. The molecule has 1 amide bonds. The van der Waals surface area contributed by atoms with Gasteiger partial charge in [0.25, 0.3) is 5.91 Å². The van der Waals surface area contributed by atoms with Crippen LogP contribution in [0.1, 0.15) is 29.8 Å². The van der Waals surface area contributed by atoms with E-state index in [0.29, 0.717) is 24.3 Å². The highest BCUT2D eigenvalue weighted by Crippen LogP contribution is 2.23. The zero-order valence-corrected chi connectivity index (χ0v) is 17.1. The Kier molecular flexibility index (Phi) is 5.31. The number of aromatic nitrogens is 3. The molecule has 2 aromatic heterocycles. The molecule has 0 unspecified atom stereocenters. The number of benzene rings is 1. The first kappa shape index (κ1) is 20.1. The first-order chi connectivity index (χ1) is 14.3.